The molecule has 96 valence electrons. The minimum absolute atomic E-state index is 0.188. The number of esters is 1. The van der Waals surface area contributed by atoms with Gasteiger partial charge in [0.15, 0.2) is 6.29 Å². The molecule has 0 amide bonds. The van der Waals surface area contributed by atoms with E-state index in [9.17, 15) is 4.79 Å². The first-order valence-electron chi connectivity index (χ1n) is 5.96. The lowest BCUT2D eigenvalue weighted by Crippen LogP contribution is -2.24. The second-order valence-corrected chi connectivity index (χ2v) is 3.78. The van der Waals surface area contributed by atoms with E-state index in [0.29, 0.717) is 19.6 Å². The van der Waals surface area contributed by atoms with Crippen LogP contribution in [-0.4, -0.2) is 32.6 Å². The zero-order valence-electron chi connectivity index (χ0n) is 10.8. The summed E-state index contributed by atoms with van der Waals surface area (Å²) >= 11 is 0. The zero-order chi connectivity index (χ0) is 12.4. The lowest BCUT2D eigenvalue weighted by Gasteiger charge is -2.19. The molecule has 0 aliphatic rings. The first-order valence-corrected chi connectivity index (χ1v) is 5.96. The lowest BCUT2D eigenvalue weighted by molar-refractivity contribution is -0.159. The normalized spacial score (nSPS) is 14.5. The molecule has 0 aromatic rings. The van der Waals surface area contributed by atoms with Crippen molar-refractivity contribution in [3.8, 4) is 0 Å². The van der Waals surface area contributed by atoms with Gasteiger partial charge in [0.05, 0.1) is 12.5 Å². The van der Waals surface area contributed by atoms with Crippen LogP contribution in [0.5, 0.6) is 0 Å². The Hall–Kier alpha value is -0.610. The van der Waals surface area contributed by atoms with Crippen molar-refractivity contribution >= 4 is 5.97 Å². The van der Waals surface area contributed by atoms with Gasteiger partial charge in [-0.3, -0.25) is 4.79 Å². The first kappa shape index (κ1) is 15.4. The molecule has 0 rings (SSSR count). The Morgan fingerprint density at radius 2 is 2.00 bits per heavy atom. The number of ether oxygens (including phenoxy) is 3. The van der Waals surface area contributed by atoms with Gasteiger partial charge in [-0.05, 0) is 13.3 Å². The first-order chi connectivity index (χ1) is 7.65. The van der Waals surface area contributed by atoms with Crippen LogP contribution in [0, 0.1) is 5.92 Å². The molecule has 0 bridgehead atoms. The van der Waals surface area contributed by atoms with Gasteiger partial charge in [-0.25, -0.2) is 0 Å². The predicted octanol–water partition coefficient (Wildman–Crippen LogP) is 2.36. The van der Waals surface area contributed by atoms with Crippen molar-refractivity contribution in [1.82, 2.24) is 0 Å². The highest BCUT2D eigenvalue weighted by Crippen LogP contribution is 2.12. The quantitative estimate of drug-likeness (QED) is 0.348. The van der Waals surface area contributed by atoms with Crippen LogP contribution in [0.2, 0.25) is 0 Å². The van der Waals surface area contributed by atoms with E-state index in [0.717, 1.165) is 12.8 Å². The molecule has 0 N–H and O–H groups in total. The van der Waals surface area contributed by atoms with Gasteiger partial charge in [-0.15, -0.1) is 0 Å². The highest BCUT2D eigenvalue weighted by Gasteiger charge is 2.19. The smallest absolute Gasteiger partial charge is 0.308 e. The third-order valence-corrected chi connectivity index (χ3v) is 2.30. The van der Waals surface area contributed by atoms with Crippen molar-refractivity contribution in [2.24, 2.45) is 5.92 Å². The van der Waals surface area contributed by atoms with Crippen molar-refractivity contribution in [2.75, 3.05) is 20.3 Å². The van der Waals surface area contributed by atoms with Crippen LogP contribution in [0.4, 0.5) is 0 Å². The molecule has 2 unspecified atom stereocenters. The van der Waals surface area contributed by atoms with Crippen LogP contribution in [0.3, 0.4) is 0 Å². The number of carbonyl (C=O) groups is 1. The van der Waals surface area contributed by atoms with Gasteiger partial charge in [0.1, 0.15) is 0 Å². The molecule has 0 aliphatic carbocycles. The minimum atomic E-state index is -0.314. The van der Waals surface area contributed by atoms with E-state index in [1.807, 2.05) is 6.92 Å². The molecule has 4 nitrogen and oxygen atoms in total. The molecule has 0 spiro atoms. The maximum atomic E-state index is 11.4. The third kappa shape index (κ3) is 6.80. The molecule has 4 heteroatoms. The zero-order valence-corrected chi connectivity index (χ0v) is 10.8. The van der Waals surface area contributed by atoms with Crippen LogP contribution in [-0.2, 0) is 19.0 Å². The fraction of sp³-hybridized carbons (Fsp3) is 0.917. The van der Waals surface area contributed by atoms with Gasteiger partial charge in [0, 0.05) is 20.1 Å². The fourth-order valence-electron chi connectivity index (χ4n) is 1.26. The van der Waals surface area contributed by atoms with Crippen LogP contribution in [0.1, 0.15) is 40.0 Å². The van der Waals surface area contributed by atoms with Crippen molar-refractivity contribution in [3.63, 3.8) is 0 Å². The molecule has 0 saturated heterocycles. The maximum absolute atomic E-state index is 11.4. The van der Waals surface area contributed by atoms with Crippen molar-refractivity contribution < 1.29 is 19.0 Å². The highest BCUT2D eigenvalue weighted by atomic mass is 16.7. The summed E-state index contributed by atoms with van der Waals surface area (Å²) in [4.78, 5) is 11.4. The molecule has 0 heterocycles. The average molecular weight is 232 g/mol. The number of methoxy groups -OCH3 is 1. The number of hydrogen-bond acceptors (Lipinski definition) is 4. The molecule has 16 heavy (non-hydrogen) atoms. The summed E-state index contributed by atoms with van der Waals surface area (Å²) in [7, 11) is 1.59. The molecule has 0 aromatic carbocycles. The summed E-state index contributed by atoms with van der Waals surface area (Å²) in [5.41, 5.74) is 0. The van der Waals surface area contributed by atoms with Crippen molar-refractivity contribution in [2.45, 2.75) is 46.3 Å². The van der Waals surface area contributed by atoms with Gasteiger partial charge in [0.2, 0.25) is 0 Å². The van der Waals surface area contributed by atoms with Crippen LogP contribution in [0.25, 0.3) is 0 Å². The molecular formula is C12H24O4. The van der Waals surface area contributed by atoms with Gasteiger partial charge < -0.3 is 14.2 Å². The number of unbranched alkanes of at least 4 members (excludes halogenated alkanes) is 1. The SMILES string of the molecule is CCCCOC(CC(C)C(=O)OCC)OC. The van der Waals surface area contributed by atoms with Gasteiger partial charge in [-0.1, -0.05) is 20.3 Å². The van der Waals surface area contributed by atoms with Crippen LogP contribution in [0.15, 0.2) is 0 Å². The molecule has 0 fully saturated rings. The van der Waals surface area contributed by atoms with E-state index in [1.54, 1.807) is 14.0 Å². The van der Waals surface area contributed by atoms with E-state index in [4.69, 9.17) is 14.2 Å². The summed E-state index contributed by atoms with van der Waals surface area (Å²) in [5.74, 6) is -0.379. The minimum Gasteiger partial charge on any atom is -0.466 e. The van der Waals surface area contributed by atoms with Crippen LogP contribution < -0.4 is 0 Å². The summed E-state index contributed by atoms with van der Waals surface area (Å²) in [6, 6.07) is 0. The predicted molar refractivity (Wildman–Crippen MR) is 62.1 cm³/mol. The van der Waals surface area contributed by atoms with E-state index in [1.165, 1.54) is 0 Å². The summed E-state index contributed by atoms with van der Waals surface area (Å²) < 4.78 is 15.6. The van der Waals surface area contributed by atoms with Gasteiger partial charge in [-0.2, -0.15) is 0 Å². The standard InChI is InChI=1S/C12H24O4/c1-5-7-8-16-11(14-4)9-10(3)12(13)15-6-2/h10-11H,5-9H2,1-4H3. The lowest BCUT2D eigenvalue weighted by atomic mass is 10.1. The Bertz CT molecular complexity index is 182. The third-order valence-electron chi connectivity index (χ3n) is 2.30. The Kier molecular flexibility index (Phi) is 9.24. The molecule has 0 aromatic heterocycles. The molecule has 0 radical (unpaired) electrons. The van der Waals surface area contributed by atoms with Crippen molar-refractivity contribution in [1.29, 1.82) is 0 Å². The van der Waals surface area contributed by atoms with Crippen LogP contribution >= 0.6 is 0 Å². The fourth-order valence-corrected chi connectivity index (χ4v) is 1.26. The number of hydrogen-bond donors (Lipinski definition) is 0. The second kappa shape index (κ2) is 9.60. The highest BCUT2D eigenvalue weighted by molar-refractivity contribution is 5.71. The summed E-state index contributed by atoms with van der Waals surface area (Å²) in [6.07, 6.45) is 2.32. The monoisotopic (exact) mass is 232 g/mol. The van der Waals surface area contributed by atoms with Gasteiger partial charge >= 0.3 is 5.97 Å². The Balaban J connectivity index is 3.86. The average Bonchev–Trinajstić information content (AvgIpc) is 2.28. The van der Waals surface area contributed by atoms with E-state index < -0.39 is 0 Å². The number of carbonyl (C=O) groups excluding carboxylic acids is 1. The van der Waals surface area contributed by atoms with E-state index in [2.05, 4.69) is 6.92 Å². The topological polar surface area (TPSA) is 44.8 Å². The second-order valence-electron chi connectivity index (χ2n) is 3.78. The molecular weight excluding hydrogens is 208 g/mol. The molecule has 2 atom stereocenters. The molecule has 0 saturated carbocycles. The maximum Gasteiger partial charge on any atom is 0.308 e. The Morgan fingerprint density at radius 1 is 1.31 bits per heavy atom. The van der Waals surface area contributed by atoms with Crippen molar-refractivity contribution in [3.05, 3.63) is 0 Å². The molecule has 0 aliphatic heterocycles. The van der Waals surface area contributed by atoms with E-state index >= 15 is 0 Å². The Morgan fingerprint density at radius 3 is 2.50 bits per heavy atom. The number of rotatable bonds is 9. The van der Waals surface area contributed by atoms with E-state index in [-0.39, 0.29) is 18.2 Å². The largest absolute Gasteiger partial charge is 0.466 e. The summed E-state index contributed by atoms with van der Waals surface area (Å²) in [6.45, 7) is 6.82. The van der Waals surface area contributed by atoms with Gasteiger partial charge in [0.25, 0.3) is 0 Å². The Labute approximate surface area is 98.3 Å². The summed E-state index contributed by atoms with van der Waals surface area (Å²) in [5, 5.41) is 0.